The van der Waals surface area contributed by atoms with E-state index in [1.165, 1.54) is 0 Å². The summed E-state index contributed by atoms with van der Waals surface area (Å²) in [6.45, 7) is 4.61. The zero-order chi connectivity index (χ0) is 12.1. The van der Waals surface area contributed by atoms with Gasteiger partial charge in [0.2, 0.25) is 5.91 Å². The first kappa shape index (κ1) is 13.0. The maximum Gasteiger partial charge on any atom is 0.326 e. The number of carbonyl (C=O) groups is 2. The molecule has 5 nitrogen and oxygen atoms in total. The largest absolute Gasteiger partial charge is 0.480 e. The van der Waals surface area contributed by atoms with Gasteiger partial charge in [-0.3, -0.25) is 4.79 Å². The SMILES string of the molecule is CCC(NC(=O)C1CCNC(C)C1)C(=O)O. The quantitative estimate of drug-likeness (QED) is 0.649. The number of carboxylic acids is 1. The molecule has 0 aromatic carbocycles. The van der Waals surface area contributed by atoms with E-state index in [4.69, 9.17) is 5.11 Å². The van der Waals surface area contributed by atoms with Gasteiger partial charge in [-0.2, -0.15) is 0 Å². The maximum absolute atomic E-state index is 11.8. The van der Waals surface area contributed by atoms with Crippen LogP contribution in [0.15, 0.2) is 0 Å². The minimum absolute atomic E-state index is 0.0513. The molecule has 3 atom stereocenters. The summed E-state index contributed by atoms with van der Waals surface area (Å²) in [7, 11) is 0. The fourth-order valence-electron chi connectivity index (χ4n) is 2.00. The molecule has 0 saturated carbocycles. The summed E-state index contributed by atoms with van der Waals surface area (Å²) in [5, 5.41) is 14.7. The van der Waals surface area contributed by atoms with E-state index in [9.17, 15) is 9.59 Å². The van der Waals surface area contributed by atoms with Crippen molar-refractivity contribution in [1.29, 1.82) is 0 Å². The van der Waals surface area contributed by atoms with E-state index in [0.29, 0.717) is 12.5 Å². The summed E-state index contributed by atoms with van der Waals surface area (Å²) < 4.78 is 0. The number of carboxylic acid groups (broad SMARTS) is 1. The van der Waals surface area contributed by atoms with Crippen molar-refractivity contribution < 1.29 is 14.7 Å². The van der Waals surface area contributed by atoms with Crippen LogP contribution in [0, 0.1) is 5.92 Å². The highest BCUT2D eigenvalue weighted by molar-refractivity contribution is 5.85. The molecule has 5 heteroatoms. The zero-order valence-electron chi connectivity index (χ0n) is 9.82. The van der Waals surface area contributed by atoms with Crippen LogP contribution in [0.4, 0.5) is 0 Å². The molecule has 3 unspecified atom stereocenters. The van der Waals surface area contributed by atoms with E-state index in [1.807, 2.05) is 6.92 Å². The molecule has 0 bridgehead atoms. The Hall–Kier alpha value is -1.10. The lowest BCUT2D eigenvalue weighted by atomic mass is 9.92. The second kappa shape index (κ2) is 5.84. The van der Waals surface area contributed by atoms with E-state index in [0.717, 1.165) is 19.4 Å². The monoisotopic (exact) mass is 228 g/mol. The second-order valence-electron chi connectivity index (χ2n) is 4.38. The van der Waals surface area contributed by atoms with Gasteiger partial charge in [0.25, 0.3) is 0 Å². The predicted octanol–water partition coefficient (Wildman–Crippen LogP) is 0.354. The summed E-state index contributed by atoms with van der Waals surface area (Å²) >= 11 is 0. The van der Waals surface area contributed by atoms with E-state index in [-0.39, 0.29) is 11.8 Å². The third kappa shape index (κ3) is 3.48. The Morgan fingerprint density at radius 1 is 1.56 bits per heavy atom. The van der Waals surface area contributed by atoms with Gasteiger partial charge in [0.1, 0.15) is 6.04 Å². The third-order valence-electron chi connectivity index (χ3n) is 3.02. The highest BCUT2D eigenvalue weighted by Gasteiger charge is 2.27. The van der Waals surface area contributed by atoms with Crippen LogP contribution in [-0.2, 0) is 9.59 Å². The van der Waals surface area contributed by atoms with Crippen LogP contribution in [0.1, 0.15) is 33.1 Å². The molecule has 1 rings (SSSR count). The lowest BCUT2D eigenvalue weighted by Crippen LogP contribution is -2.47. The van der Waals surface area contributed by atoms with Crippen LogP contribution in [-0.4, -0.2) is 35.6 Å². The van der Waals surface area contributed by atoms with E-state index in [1.54, 1.807) is 6.92 Å². The average molecular weight is 228 g/mol. The number of rotatable bonds is 4. The molecule has 1 amide bonds. The Kier molecular flexibility index (Phi) is 4.73. The van der Waals surface area contributed by atoms with Gasteiger partial charge in [0.15, 0.2) is 0 Å². The number of aliphatic carboxylic acids is 1. The molecule has 3 N–H and O–H groups in total. The Bertz CT molecular complexity index is 268. The number of piperidine rings is 1. The van der Waals surface area contributed by atoms with Crippen molar-refractivity contribution in [3.63, 3.8) is 0 Å². The number of hydrogen-bond donors (Lipinski definition) is 3. The minimum atomic E-state index is -0.960. The molecule has 0 aromatic rings. The summed E-state index contributed by atoms with van der Waals surface area (Å²) in [4.78, 5) is 22.6. The van der Waals surface area contributed by atoms with Crippen molar-refractivity contribution in [2.75, 3.05) is 6.54 Å². The fourth-order valence-corrected chi connectivity index (χ4v) is 2.00. The molecule has 1 fully saturated rings. The van der Waals surface area contributed by atoms with Gasteiger partial charge in [-0.25, -0.2) is 4.79 Å². The van der Waals surface area contributed by atoms with Crippen molar-refractivity contribution in [3.05, 3.63) is 0 Å². The Morgan fingerprint density at radius 2 is 2.25 bits per heavy atom. The molecule has 1 saturated heterocycles. The van der Waals surface area contributed by atoms with Crippen molar-refractivity contribution >= 4 is 11.9 Å². The van der Waals surface area contributed by atoms with Crippen molar-refractivity contribution in [3.8, 4) is 0 Å². The van der Waals surface area contributed by atoms with Gasteiger partial charge in [0.05, 0.1) is 0 Å². The fraction of sp³-hybridized carbons (Fsp3) is 0.818. The van der Waals surface area contributed by atoms with Crippen molar-refractivity contribution in [2.24, 2.45) is 5.92 Å². The maximum atomic E-state index is 11.8. The normalized spacial score (nSPS) is 27.1. The third-order valence-corrected chi connectivity index (χ3v) is 3.02. The minimum Gasteiger partial charge on any atom is -0.480 e. The van der Waals surface area contributed by atoms with E-state index < -0.39 is 12.0 Å². The van der Waals surface area contributed by atoms with Gasteiger partial charge in [-0.05, 0) is 32.7 Å². The molecule has 0 spiro atoms. The number of nitrogens with one attached hydrogen (secondary N) is 2. The van der Waals surface area contributed by atoms with Gasteiger partial charge >= 0.3 is 5.97 Å². The second-order valence-corrected chi connectivity index (χ2v) is 4.38. The Morgan fingerprint density at radius 3 is 2.75 bits per heavy atom. The summed E-state index contributed by atoms with van der Waals surface area (Å²) in [6, 6.07) is -0.424. The molecule has 0 radical (unpaired) electrons. The Balaban J connectivity index is 2.47. The lowest BCUT2D eigenvalue weighted by molar-refractivity contribution is -0.142. The predicted molar refractivity (Wildman–Crippen MR) is 60.0 cm³/mol. The first-order valence-corrected chi connectivity index (χ1v) is 5.81. The topological polar surface area (TPSA) is 78.4 Å². The standard InChI is InChI=1S/C11H20N2O3/c1-3-9(11(15)16)13-10(14)8-4-5-12-7(2)6-8/h7-9,12H,3-6H2,1-2H3,(H,13,14)(H,15,16). The van der Waals surface area contributed by atoms with Gasteiger partial charge in [-0.15, -0.1) is 0 Å². The highest BCUT2D eigenvalue weighted by atomic mass is 16.4. The van der Waals surface area contributed by atoms with Gasteiger partial charge < -0.3 is 15.7 Å². The summed E-state index contributed by atoms with van der Waals surface area (Å²) in [5.74, 6) is -1.13. The average Bonchev–Trinajstić information content (AvgIpc) is 2.25. The molecule has 1 aliphatic rings. The summed E-state index contributed by atoms with van der Waals surface area (Å²) in [5.41, 5.74) is 0. The first-order chi connectivity index (χ1) is 7.54. The molecule has 1 aliphatic heterocycles. The van der Waals surface area contributed by atoms with Crippen LogP contribution in [0.2, 0.25) is 0 Å². The molecule has 0 aromatic heterocycles. The number of hydrogen-bond acceptors (Lipinski definition) is 3. The molecular formula is C11H20N2O3. The summed E-state index contributed by atoms with van der Waals surface area (Å²) in [6.07, 6.45) is 1.98. The molecule has 16 heavy (non-hydrogen) atoms. The lowest BCUT2D eigenvalue weighted by Gasteiger charge is -2.28. The number of amides is 1. The van der Waals surface area contributed by atoms with Crippen molar-refractivity contribution in [1.82, 2.24) is 10.6 Å². The van der Waals surface area contributed by atoms with Crippen LogP contribution < -0.4 is 10.6 Å². The zero-order valence-corrected chi connectivity index (χ0v) is 9.82. The molecular weight excluding hydrogens is 208 g/mol. The van der Waals surface area contributed by atoms with Crippen LogP contribution >= 0.6 is 0 Å². The van der Waals surface area contributed by atoms with Gasteiger partial charge in [-0.1, -0.05) is 6.92 Å². The van der Waals surface area contributed by atoms with Crippen molar-refractivity contribution in [2.45, 2.75) is 45.2 Å². The highest BCUT2D eigenvalue weighted by Crippen LogP contribution is 2.16. The molecule has 0 aliphatic carbocycles. The smallest absolute Gasteiger partial charge is 0.326 e. The van der Waals surface area contributed by atoms with Crippen LogP contribution in [0.3, 0.4) is 0 Å². The van der Waals surface area contributed by atoms with Gasteiger partial charge in [0, 0.05) is 12.0 Å². The van der Waals surface area contributed by atoms with E-state index >= 15 is 0 Å². The Labute approximate surface area is 95.6 Å². The molecule has 92 valence electrons. The number of carbonyl (C=O) groups excluding carboxylic acids is 1. The van der Waals surface area contributed by atoms with Crippen LogP contribution in [0.25, 0.3) is 0 Å². The van der Waals surface area contributed by atoms with E-state index in [2.05, 4.69) is 10.6 Å². The van der Waals surface area contributed by atoms with Crippen LogP contribution in [0.5, 0.6) is 0 Å². The first-order valence-electron chi connectivity index (χ1n) is 5.81. The molecule has 1 heterocycles.